The molecule has 1 radical (unpaired) electrons. The summed E-state index contributed by atoms with van der Waals surface area (Å²) in [5.41, 5.74) is 4.69. The zero-order chi connectivity index (χ0) is 8.36. The van der Waals surface area contributed by atoms with Gasteiger partial charge in [0, 0.05) is 0 Å². The number of hydrogen-bond donors (Lipinski definition) is 1. The number of hydrogen-bond acceptors (Lipinski definition) is 3. The number of ether oxygens (including phenoxy) is 1. The molecule has 0 spiro atoms. The summed E-state index contributed by atoms with van der Waals surface area (Å²) in [5.74, 6) is -0.465. The fourth-order valence-electron chi connectivity index (χ4n) is 0.377. The van der Waals surface area contributed by atoms with E-state index in [9.17, 15) is 4.79 Å². The molecule has 0 aromatic carbocycles. The monoisotopic (exact) mass is 144 g/mol. The van der Waals surface area contributed by atoms with Crippen LogP contribution in [0.2, 0.25) is 0 Å². The maximum Gasteiger partial charge on any atom is 0.323 e. The lowest BCUT2D eigenvalue weighted by molar-refractivity contribution is -0.155. The summed E-state index contributed by atoms with van der Waals surface area (Å²) in [5, 5.41) is 0. The van der Waals surface area contributed by atoms with Gasteiger partial charge in [0.05, 0.1) is 0 Å². The molecule has 0 aromatic rings. The normalized spacial score (nSPS) is 14.5. The molecule has 0 rings (SSSR count). The quantitative estimate of drug-likeness (QED) is 0.545. The molecular formula is C7H14NO2. The van der Waals surface area contributed by atoms with Gasteiger partial charge in [-0.25, -0.2) is 0 Å². The number of esters is 1. The number of carbonyl (C=O) groups excluding carboxylic acids is 1. The van der Waals surface area contributed by atoms with Gasteiger partial charge >= 0.3 is 5.97 Å². The zero-order valence-electron chi connectivity index (χ0n) is 6.68. The Balaban J connectivity index is 3.81. The van der Waals surface area contributed by atoms with E-state index in [4.69, 9.17) is 10.5 Å². The SMILES string of the molecule is [CH2]C(N)C(=O)OC(C)(C)C. The van der Waals surface area contributed by atoms with Gasteiger partial charge in [-0.05, 0) is 27.7 Å². The van der Waals surface area contributed by atoms with Crippen molar-refractivity contribution in [3.63, 3.8) is 0 Å². The van der Waals surface area contributed by atoms with Gasteiger partial charge in [-0.15, -0.1) is 0 Å². The summed E-state index contributed by atoms with van der Waals surface area (Å²) in [7, 11) is 0. The predicted molar refractivity (Wildman–Crippen MR) is 39.2 cm³/mol. The van der Waals surface area contributed by atoms with Gasteiger partial charge in [0.1, 0.15) is 11.6 Å². The van der Waals surface area contributed by atoms with Gasteiger partial charge in [0.15, 0.2) is 0 Å². The average molecular weight is 144 g/mol. The molecule has 59 valence electrons. The van der Waals surface area contributed by atoms with E-state index in [0.717, 1.165) is 0 Å². The molecule has 0 saturated carbocycles. The van der Waals surface area contributed by atoms with Crippen LogP contribution in [-0.4, -0.2) is 17.6 Å². The highest BCUT2D eigenvalue weighted by Gasteiger charge is 2.18. The van der Waals surface area contributed by atoms with E-state index in [2.05, 4.69) is 6.92 Å². The van der Waals surface area contributed by atoms with E-state index in [1.807, 2.05) is 0 Å². The topological polar surface area (TPSA) is 52.3 Å². The van der Waals surface area contributed by atoms with Crippen LogP contribution in [0.3, 0.4) is 0 Å². The van der Waals surface area contributed by atoms with Crippen LogP contribution in [0.15, 0.2) is 0 Å². The molecule has 0 aliphatic rings. The van der Waals surface area contributed by atoms with Crippen LogP contribution in [0.1, 0.15) is 20.8 Å². The molecule has 3 heteroatoms. The van der Waals surface area contributed by atoms with Gasteiger partial charge in [-0.1, -0.05) is 0 Å². The van der Waals surface area contributed by atoms with Crippen LogP contribution in [0.25, 0.3) is 0 Å². The van der Waals surface area contributed by atoms with Crippen molar-refractivity contribution in [3.05, 3.63) is 6.92 Å². The van der Waals surface area contributed by atoms with Gasteiger partial charge in [-0.2, -0.15) is 0 Å². The number of carbonyl (C=O) groups is 1. The molecule has 0 amide bonds. The Labute approximate surface area is 61.5 Å². The Kier molecular flexibility index (Phi) is 2.84. The molecule has 0 bridgehead atoms. The van der Waals surface area contributed by atoms with Crippen LogP contribution < -0.4 is 5.73 Å². The van der Waals surface area contributed by atoms with Gasteiger partial charge in [0.25, 0.3) is 0 Å². The van der Waals surface area contributed by atoms with Crippen LogP contribution in [0, 0.1) is 6.92 Å². The van der Waals surface area contributed by atoms with Crippen LogP contribution in [-0.2, 0) is 9.53 Å². The average Bonchev–Trinajstić information content (AvgIpc) is 1.60. The van der Waals surface area contributed by atoms with E-state index in [0.29, 0.717) is 0 Å². The minimum Gasteiger partial charge on any atom is -0.459 e. The van der Waals surface area contributed by atoms with E-state index in [1.54, 1.807) is 20.8 Å². The molecule has 0 aromatic heterocycles. The maximum absolute atomic E-state index is 10.7. The minimum atomic E-state index is -0.778. The second-order valence-corrected chi connectivity index (χ2v) is 3.14. The fourth-order valence-corrected chi connectivity index (χ4v) is 0.377. The highest BCUT2D eigenvalue weighted by atomic mass is 16.6. The molecule has 2 N–H and O–H groups in total. The summed E-state index contributed by atoms with van der Waals surface area (Å²) < 4.78 is 4.87. The van der Waals surface area contributed by atoms with E-state index in [-0.39, 0.29) is 0 Å². The van der Waals surface area contributed by atoms with Crippen molar-refractivity contribution in [2.24, 2.45) is 5.73 Å². The summed E-state index contributed by atoms with van der Waals surface area (Å²) in [6.45, 7) is 8.68. The van der Waals surface area contributed by atoms with E-state index < -0.39 is 17.6 Å². The van der Waals surface area contributed by atoms with Crippen LogP contribution in [0.5, 0.6) is 0 Å². The molecule has 0 aliphatic carbocycles. The smallest absolute Gasteiger partial charge is 0.323 e. The summed E-state index contributed by atoms with van der Waals surface area (Å²) in [4.78, 5) is 10.7. The second kappa shape index (κ2) is 3.01. The predicted octanol–water partition coefficient (Wildman–Crippen LogP) is 0.489. The standard InChI is InChI=1S/C7H14NO2/c1-5(8)6(9)10-7(2,3)4/h5H,1,8H2,2-4H3. The molecule has 0 heterocycles. The first kappa shape index (κ1) is 9.43. The first-order valence-electron chi connectivity index (χ1n) is 3.14. The molecule has 10 heavy (non-hydrogen) atoms. The molecule has 1 unspecified atom stereocenters. The first-order chi connectivity index (χ1) is 4.33. The van der Waals surface area contributed by atoms with E-state index in [1.165, 1.54) is 0 Å². The largest absolute Gasteiger partial charge is 0.459 e. The molecular weight excluding hydrogens is 130 g/mol. The summed E-state index contributed by atoms with van der Waals surface area (Å²) in [6.07, 6.45) is 0. The Bertz CT molecular complexity index is 124. The molecule has 0 aliphatic heterocycles. The molecule has 3 nitrogen and oxygen atoms in total. The van der Waals surface area contributed by atoms with Crippen LogP contribution >= 0.6 is 0 Å². The molecule has 0 saturated heterocycles. The van der Waals surface area contributed by atoms with Crippen molar-refractivity contribution >= 4 is 5.97 Å². The van der Waals surface area contributed by atoms with E-state index >= 15 is 0 Å². The van der Waals surface area contributed by atoms with Crippen molar-refractivity contribution < 1.29 is 9.53 Å². The van der Waals surface area contributed by atoms with Crippen molar-refractivity contribution in [2.45, 2.75) is 32.4 Å². The maximum atomic E-state index is 10.7. The third kappa shape index (κ3) is 4.32. The van der Waals surface area contributed by atoms with Crippen molar-refractivity contribution in [1.29, 1.82) is 0 Å². The van der Waals surface area contributed by atoms with Crippen LogP contribution in [0.4, 0.5) is 0 Å². The van der Waals surface area contributed by atoms with Crippen molar-refractivity contribution in [3.8, 4) is 0 Å². The number of nitrogens with two attached hydrogens (primary N) is 1. The third-order valence-corrected chi connectivity index (χ3v) is 0.710. The first-order valence-corrected chi connectivity index (χ1v) is 3.14. The summed E-state index contributed by atoms with van der Waals surface area (Å²) >= 11 is 0. The third-order valence-electron chi connectivity index (χ3n) is 0.710. The zero-order valence-corrected chi connectivity index (χ0v) is 6.68. The Morgan fingerprint density at radius 2 is 2.00 bits per heavy atom. The Morgan fingerprint density at radius 3 is 2.10 bits per heavy atom. The lowest BCUT2D eigenvalue weighted by atomic mass is 10.2. The van der Waals surface area contributed by atoms with Crippen molar-refractivity contribution in [1.82, 2.24) is 0 Å². The summed E-state index contributed by atoms with van der Waals surface area (Å²) in [6, 6.07) is -0.778. The molecule has 0 fully saturated rings. The lowest BCUT2D eigenvalue weighted by Crippen LogP contribution is -2.35. The Morgan fingerprint density at radius 1 is 1.60 bits per heavy atom. The van der Waals surface area contributed by atoms with Crippen molar-refractivity contribution in [2.75, 3.05) is 0 Å². The fraction of sp³-hybridized carbons (Fsp3) is 0.714. The minimum absolute atomic E-state index is 0.465. The van der Waals surface area contributed by atoms with Gasteiger partial charge in [-0.3, -0.25) is 4.79 Å². The second-order valence-electron chi connectivity index (χ2n) is 3.14. The number of rotatable bonds is 1. The molecule has 1 atom stereocenters. The lowest BCUT2D eigenvalue weighted by Gasteiger charge is -2.20. The highest BCUT2D eigenvalue weighted by molar-refractivity contribution is 5.76. The van der Waals surface area contributed by atoms with Gasteiger partial charge in [0.2, 0.25) is 0 Å². The highest BCUT2D eigenvalue weighted by Crippen LogP contribution is 2.07. The van der Waals surface area contributed by atoms with Gasteiger partial charge < -0.3 is 10.5 Å². The Hall–Kier alpha value is -0.570.